The molecule has 0 fully saturated rings. The van der Waals surface area contributed by atoms with Crippen LogP contribution in [0.3, 0.4) is 0 Å². The molecule has 10 nitrogen and oxygen atoms in total. The summed E-state index contributed by atoms with van der Waals surface area (Å²) in [5.74, 6) is 2.80. The van der Waals surface area contributed by atoms with Crippen molar-refractivity contribution in [1.29, 1.82) is 0 Å². The van der Waals surface area contributed by atoms with Crippen LogP contribution in [0.25, 0.3) is 0 Å². The molecule has 2 amide bonds. The zero-order valence-corrected chi connectivity index (χ0v) is 26.1. The molecule has 3 aromatic rings. The van der Waals surface area contributed by atoms with E-state index < -0.39 is 0 Å². The highest BCUT2D eigenvalue weighted by atomic mass is 127. The number of ether oxygens (including phenoxy) is 6. The van der Waals surface area contributed by atoms with Crippen molar-refractivity contribution in [3.05, 3.63) is 69.3 Å². The third-order valence-corrected chi connectivity index (χ3v) is 6.97. The van der Waals surface area contributed by atoms with Gasteiger partial charge >= 0.3 is 0 Å². The molecular weight excluding hydrogens is 643 g/mol. The highest BCUT2D eigenvalue weighted by molar-refractivity contribution is 14.1. The molecule has 0 aliphatic rings. The van der Waals surface area contributed by atoms with Crippen LogP contribution in [0.15, 0.2) is 54.6 Å². The van der Waals surface area contributed by atoms with Gasteiger partial charge < -0.3 is 39.1 Å². The van der Waals surface area contributed by atoms with Crippen molar-refractivity contribution >= 4 is 34.4 Å². The minimum absolute atomic E-state index is 0.271. The molecule has 41 heavy (non-hydrogen) atoms. The van der Waals surface area contributed by atoms with Crippen LogP contribution in [0, 0.1) is 3.57 Å². The van der Waals surface area contributed by atoms with Crippen molar-refractivity contribution < 1.29 is 38.0 Å². The first-order valence-corrected chi connectivity index (χ1v) is 13.9. The molecule has 0 saturated heterocycles. The Morgan fingerprint density at radius 1 is 0.659 bits per heavy atom. The summed E-state index contributed by atoms with van der Waals surface area (Å²) >= 11 is 2.16. The molecule has 0 spiro atoms. The van der Waals surface area contributed by atoms with Gasteiger partial charge in [-0.1, -0.05) is 6.07 Å². The minimum Gasteiger partial charge on any atom is -0.497 e. The lowest BCUT2D eigenvalue weighted by Gasteiger charge is -2.20. The number of nitrogens with one attached hydrogen (secondary N) is 2. The first-order chi connectivity index (χ1) is 19.7. The van der Waals surface area contributed by atoms with Crippen LogP contribution in [0.4, 0.5) is 0 Å². The zero-order valence-electron chi connectivity index (χ0n) is 23.9. The van der Waals surface area contributed by atoms with Gasteiger partial charge in [0.05, 0.1) is 45.1 Å². The van der Waals surface area contributed by atoms with E-state index in [0.29, 0.717) is 45.6 Å². The summed E-state index contributed by atoms with van der Waals surface area (Å²) < 4.78 is 33.9. The Hall–Kier alpha value is -3.87. The Kier molecular flexibility index (Phi) is 11.7. The second kappa shape index (κ2) is 15.2. The van der Waals surface area contributed by atoms with Gasteiger partial charge in [-0.2, -0.15) is 0 Å². The summed E-state index contributed by atoms with van der Waals surface area (Å²) in [6.45, 7) is 4.28. The standard InChI is InChI=1S/C30H35IN2O8/c1-18(16-32-29(34)20-10-22(36-3)14-23(11-20)37-4)40-26-8-7-9-27(28(26)31)41-19(2)17-33-30(35)21-12-24(38-5)15-25(13-21)39-6/h7-15,18-19H,16-17H2,1-6H3,(H,32,34)(H,33,35)/t18-,19-/m0/s1. The molecule has 0 bridgehead atoms. The summed E-state index contributed by atoms with van der Waals surface area (Å²) in [6.07, 6.45) is -0.654. The van der Waals surface area contributed by atoms with E-state index in [2.05, 4.69) is 33.2 Å². The van der Waals surface area contributed by atoms with E-state index in [1.54, 1.807) is 36.4 Å². The van der Waals surface area contributed by atoms with Gasteiger partial charge in [0.25, 0.3) is 11.8 Å². The van der Waals surface area contributed by atoms with E-state index in [1.165, 1.54) is 28.4 Å². The highest BCUT2D eigenvalue weighted by Gasteiger charge is 2.17. The minimum atomic E-state index is -0.327. The van der Waals surface area contributed by atoms with Crippen LogP contribution in [0.2, 0.25) is 0 Å². The molecule has 0 unspecified atom stereocenters. The monoisotopic (exact) mass is 678 g/mol. The molecule has 0 aliphatic carbocycles. The molecule has 0 radical (unpaired) electrons. The van der Waals surface area contributed by atoms with Crippen molar-refractivity contribution in [2.24, 2.45) is 0 Å². The Balaban J connectivity index is 1.55. The summed E-state index contributed by atoms with van der Waals surface area (Å²) in [4.78, 5) is 25.4. The van der Waals surface area contributed by atoms with Gasteiger partial charge in [-0.3, -0.25) is 9.59 Å². The molecule has 0 aliphatic heterocycles. The molecule has 3 rings (SSSR count). The molecule has 3 aromatic carbocycles. The van der Waals surface area contributed by atoms with Crippen LogP contribution >= 0.6 is 22.6 Å². The van der Waals surface area contributed by atoms with Gasteiger partial charge in [0, 0.05) is 23.3 Å². The lowest BCUT2D eigenvalue weighted by molar-refractivity contribution is 0.0926. The topological polar surface area (TPSA) is 114 Å². The SMILES string of the molecule is COc1cc(OC)cc(C(=O)NC[C@H](C)Oc2cccc(O[C@@H](C)CNC(=O)c3cc(OC)cc(OC)c3)c2I)c1. The maximum Gasteiger partial charge on any atom is 0.251 e. The van der Waals surface area contributed by atoms with E-state index in [-0.39, 0.29) is 37.1 Å². The average Bonchev–Trinajstić information content (AvgIpc) is 2.99. The predicted octanol–water partition coefficient (Wildman–Crippen LogP) is 4.72. The van der Waals surface area contributed by atoms with E-state index in [4.69, 9.17) is 28.4 Å². The van der Waals surface area contributed by atoms with Crippen molar-refractivity contribution in [1.82, 2.24) is 10.6 Å². The van der Waals surface area contributed by atoms with E-state index >= 15 is 0 Å². The lowest BCUT2D eigenvalue weighted by Crippen LogP contribution is -2.34. The maximum atomic E-state index is 12.7. The fraction of sp³-hybridized carbons (Fsp3) is 0.333. The highest BCUT2D eigenvalue weighted by Crippen LogP contribution is 2.31. The van der Waals surface area contributed by atoms with Gasteiger partial charge in [-0.15, -0.1) is 0 Å². The van der Waals surface area contributed by atoms with Crippen LogP contribution < -0.4 is 39.1 Å². The third-order valence-electron chi connectivity index (χ3n) is 5.91. The summed E-state index contributed by atoms with van der Waals surface area (Å²) in [6, 6.07) is 15.5. The number of hydrogen-bond acceptors (Lipinski definition) is 8. The number of carbonyl (C=O) groups excluding carboxylic acids is 2. The summed E-state index contributed by atoms with van der Waals surface area (Å²) in [5, 5.41) is 5.76. The number of amides is 2. The van der Waals surface area contributed by atoms with Crippen molar-refractivity contribution in [3.8, 4) is 34.5 Å². The molecule has 0 heterocycles. The summed E-state index contributed by atoms with van der Waals surface area (Å²) in [5.41, 5.74) is 0.843. The second-order valence-corrected chi connectivity index (χ2v) is 10.1. The van der Waals surface area contributed by atoms with E-state index in [1.807, 2.05) is 32.0 Å². The summed E-state index contributed by atoms with van der Waals surface area (Å²) in [7, 11) is 6.12. The Bertz CT molecular complexity index is 1210. The fourth-order valence-electron chi connectivity index (χ4n) is 3.74. The Morgan fingerprint density at radius 3 is 1.32 bits per heavy atom. The van der Waals surface area contributed by atoms with Gasteiger partial charge in [0.2, 0.25) is 0 Å². The number of halogens is 1. The smallest absolute Gasteiger partial charge is 0.251 e. The van der Waals surface area contributed by atoms with Crippen molar-refractivity contribution in [3.63, 3.8) is 0 Å². The van der Waals surface area contributed by atoms with Gasteiger partial charge in [0.1, 0.15) is 46.7 Å². The predicted molar refractivity (Wildman–Crippen MR) is 163 cm³/mol. The second-order valence-electron chi connectivity index (χ2n) is 9.05. The molecular formula is C30H35IN2O8. The molecule has 0 saturated carbocycles. The largest absolute Gasteiger partial charge is 0.497 e. The Morgan fingerprint density at radius 2 is 1.00 bits per heavy atom. The number of hydrogen-bond donors (Lipinski definition) is 2. The van der Waals surface area contributed by atoms with Crippen molar-refractivity contribution in [2.45, 2.75) is 26.1 Å². The maximum absolute atomic E-state index is 12.7. The lowest BCUT2D eigenvalue weighted by atomic mass is 10.2. The van der Waals surface area contributed by atoms with Crippen LogP contribution in [0.1, 0.15) is 34.6 Å². The zero-order chi connectivity index (χ0) is 29.9. The normalized spacial score (nSPS) is 12.0. The number of rotatable bonds is 14. The van der Waals surface area contributed by atoms with Crippen LogP contribution in [0.5, 0.6) is 34.5 Å². The number of methoxy groups -OCH3 is 4. The van der Waals surface area contributed by atoms with Gasteiger partial charge in [0.15, 0.2) is 0 Å². The van der Waals surface area contributed by atoms with Crippen molar-refractivity contribution in [2.75, 3.05) is 41.5 Å². The van der Waals surface area contributed by atoms with Gasteiger partial charge in [-0.25, -0.2) is 0 Å². The molecule has 11 heteroatoms. The first-order valence-electron chi connectivity index (χ1n) is 12.8. The quantitative estimate of drug-likeness (QED) is 0.236. The number of carbonyl (C=O) groups is 2. The molecule has 2 atom stereocenters. The fourth-order valence-corrected chi connectivity index (χ4v) is 4.36. The van der Waals surface area contributed by atoms with E-state index in [9.17, 15) is 9.59 Å². The Labute approximate surface area is 253 Å². The number of benzene rings is 3. The van der Waals surface area contributed by atoms with Crippen LogP contribution in [-0.2, 0) is 0 Å². The molecule has 2 N–H and O–H groups in total. The van der Waals surface area contributed by atoms with Gasteiger partial charge in [-0.05, 0) is 72.8 Å². The van der Waals surface area contributed by atoms with E-state index in [0.717, 1.165) is 3.57 Å². The first kappa shape index (κ1) is 31.7. The average molecular weight is 679 g/mol. The molecule has 220 valence electrons. The third kappa shape index (κ3) is 9.07. The molecule has 0 aromatic heterocycles. The van der Waals surface area contributed by atoms with Crippen LogP contribution in [-0.4, -0.2) is 65.6 Å².